The minimum atomic E-state index is 0.0665. The van der Waals surface area contributed by atoms with Gasteiger partial charge in [-0.1, -0.05) is 42.5 Å². The van der Waals surface area contributed by atoms with Gasteiger partial charge in [0.2, 0.25) is 0 Å². The topological polar surface area (TPSA) is 32.3 Å². The van der Waals surface area contributed by atoms with Crippen LogP contribution in [0.2, 0.25) is 0 Å². The molecule has 3 aliphatic rings. The number of hydrogen-bond donors (Lipinski definition) is 1. The third kappa shape index (κ3) is 3.47. The molecule has 3 aliphatic heterocycles. The van der Waals surface area contributed by atoms with E-state index in [1.807, 2.05) is 18.2 Å². The number of nitrogens with one attached hydrogen (secondary N) is 1. The summed E-state index contributed by atoms with van der Waals surface area (Å²) in [6, 6.07) is 19.2. The second-order valence-electron chi connectivity index (χ2n) is 7.47. The average molecular weight is 334 g/mol. The summed E-state index contributed by atoms with van der Waals surface area (Å²) >= 11 is 0. The Morgan fingerprint density at radius 1 is 1.00 bits per heavy atom. The zero-order valence-electron chi connectivity index (χ0n) is 14.8. The van der Waals surface area contributed by atoms with Gasteiger partial charge in [0.1, 0.15) is 0 Å². The molecule has 2 aromatic rings. The predicted molar refractivity (Wildman–Crippen MR) is 101 cm³/mol. The molecule has 0 aliphatic carbocycles. The lowest BCUT2D eigenvalue weighted by atomic mass is 9.79. The molecule has 130 valence electrons. The fourth-order valence-corrected chi connectivity index (χ4v) is 4.39. The van der Waals surface area contributed by atoms with Crippen molar-refractivity contribution in [3.63, 3.8) is 0 Å². The molecule has 1 N–H and O–H groups in total. The highest BCUT2D eigenvalue weighted by molar-refractivity contribution is 5.94. The van der Waals surface area contributed by atoms with Crippen LogP contribution in [-0.2, 0) is 6.42 Å². The van der Waals surface area contributed by atoms with Crippen LogP contribution in [0.3, 0.4) is 0 Å². The van der Waals surface area contributed by atoms with E-state index in [0.29, 0.717) is 18.0 Å². The third-order valence-corrected chi connectivity index (χ3v) is 5.94. The summed E-state index contributed by atoms with van der Waals surface area (Å²) in [7, 11) is 0. The van der Waals surface area contributed by atoms with E-state index in [1.165, 1.54) is 37.1 Å². The van der Waals surface area contributed by atoms with E-state index in [-0.39, 0.29) is 5.91 Å². The van der Waals surface area contributed by atoms with Crippen LogP contribution >= 0.6 is 0 Å². The second-order valence-corrected chi connectivity index (χ2v) is 7.47. The number of hydrogen-bond acceptors (Lipinski definition) is 2. The molecular weight excluding hydrogens is 308 g/mol. The second kappa shape index (κ2) is 7.01. The predicted octanol–water partition coefficient (Wildman–Crippen LogP) is 3.49. The fourth-order valence-electron chi connectivity index (χ4n) is 4.39. The molecule has 0 saturated carbocycles. The largest absolute Gasteiger partial charge is 0.347 e. The molecule has 0 radical (unpaired) electrons. The van der Waals surface area contributed by atoms with E-state index in [2.05, 4.69) is 53.5 Å². The van der Waals surface area contributed by atoms with Crippen molar-refractivity contribution in [2.45, 2.75) is 38.3 Å². The van der Waals surface area contributed by atoms with Crippen LogP contribution < -0.4 is 5.32 Å². The smallest absolute Gasteiger partial charge is 0.251 e. The highest BCUT2D eigenvalue weighted by atomic mass is 16.1. The molecule has 3 heteroatoms. The van der Waals surface area contributed by atoms with Crippen molar-refractivity contribution in [3.05, 3.63) is 71.3 Å². The van der Waals surface area contributed by atoms with Gasteiger partial charge in [0.15, 0.2) is 0 Å². The molecule has 3 nitrogen and oxygen atoms in total. The molecule has 1 amide bonds. The van der Waals surface area contributed by atoms with Crippen molar-refractivity contribution >= 4 is 5.91 Å². The van der Waals surface area contributed by atoms with Gasteiger partial charge >= 0.3 is 0 Å². The van der Waals surface area contributed by atoms with Crippen molar-refractivity contribution in [2.24, 2.45) is 5.92 Å². The number of rotatable bonds is 4. The summed E-state index contributed by atoms with van der Waals surface area (Å²) in [5.41, 5.74) is 3.29. The fraction of sp³-hybridized carbons (Fsp3) is 0.409. The lowest BCUT2D eigenvalue weighted by Crippen LogP contribution is -2.62. The molecule has 3 heterocycles. The van der Waals surface area contributed by atoms with Gasteiger partial charge < -0.3 is 5.32 Å². The minimum Gasteiger partial charge on any atom is -0.347 e. The zero-order chi connectivity index (χ0) is 17.2. The highest BCUT2D eigenvalue weighted by Crippen LogP contribution is 2.32. The van der Waals surface area contributed by atoms with E-state index in [9.17, 15) is 4.79 Å². The standard InChI is InChI=1S/C22H26N2O/c1-16-21(19-11-13-24(16)14-12-19)23-22(25)20-9-7-18(8-10-20)15-17-5-3-2-4-6-17/h2-10,16,19,21H,11-15H2,1H3,(H,23,25)/t16?,21-/m0/s1. The summed E-state index contributed by atoms with van der Waals surface area (Å²) in [6.07, 6.45) is 3.33. The Kier molecular flexibility index (Phi) is 4.58. The maximum Gasteiger partial charge on any atom is 0.251 e. The van der Waals surface area contributed by atoms with Gasteiger partial charge in [0.25, 0.3) is 5.91 Å². The molecule has 2 aromatic carbocycles. The Hall–Kier alpha value is -2.13. The van der Waals surface area contributed by atoms with Crippen LogP contribution in [0.25, 0.3) is 0 Å². The van der Waals surface area contributed by atoms with Gasteiger partial charge in [0.05, 0.1) is 0 Å². The molecular formula is C22H26N2O. The first-order chi connectivity index (χ1) is 12.2. The van der Waals surface area contributed by atoms with Crippen LogP contribution in [0.15, 0.2) is 54.6 Å². The van der Waals surface area contributed by atoms with Crippen LogP contribution in [0.1, 0.15) is 41.3 Å². The van der Waals surface area contributed by atoms with E-state index >= 15 is 0 Å². The molecule has 2 atom stereocenters. The van der Waals surface area contributed by atoms with Gasteiger partial charge in [-0.3, -0.25) is 9.69 Å². The first-order valence-electron chi connectivity index (χ1n) is 9.38. The van der Waals surface area contributed by atoms with Crippen LogP contribution in [-0.4, -0.2) is 36.0 Å². The third-order valence-electron chi connectivity index (χ3n) is 5.94. The van der Waals surface area contributed by atoms with Crippen molar-refractivity contribution in [1.82, 2.24) is 10.2 Å². The van der Waals surface area contributed by atoms with E-state index in [1.54, 1.807) is 0 Å². The molecule has 2 bridgehead atoms. The Bertz CT molecular complexity index is 715. The summed E-state index contributed by atoms with van der Waals surface area (Å²) in [4.78, 5) is 15.2. The number of amides is 1. The average Bonchev–Trinajstić information content (AvgIpc) is 2.66. The van der Waals surface area contributed by atoms with Gasteiger partial charge in [-0.15, -0.1) is 0 Å². The molecule has 0 spiro atoms. The number of carbonyl (C=O) groups excluding carboxylic acids is 1. The van der Waals surface area contributed by atoms with Crippen molar-refractivity contribution < 1.29 is 4.79 Å². The summed E-state index contributed by atoms with van der Waals surface area (Å²) < 4.78 is 0. The van der Waals surface area contributed by atoms with Gasteiger partial charge in [0, 0.05) is 17.6 Å². The maximum atomic E-state index is 12.7. The molecule has 1 unspecified atom stereocenters. The van der Waals surface area contributed by atoms with Crippen LogP contribution in [0.4, 0.5) is 0 Å². The molecule has 3 saturated heterocycles. The van der Waals surface area contributed by atoms with E-state index < -0.39 is 0 Å². The van der Waals surface area contributed by atoms with E-state index in [4.69, 9.17) is 0 Å². The van der Waals surface area contributed by atoms with Gasteiger partial charge in [-0.2, -0.15) is 0 Å². The first kappa shape index (κ1) is 16.3. The van der Waals surface area contributed by atoms with Crippen molar-refractivity contribution in [3.8, 4) is 0 Å². The number of benzene rings is 2. The molecule has 25 heavy (non-hydrogen) atoms. The number of fused-ring (bicyclic) bond motifs is 3. The Morgan fingerprint density at radius 3 is 2.28 bits per heavy atom. The SMILES string of the molecule is CC1[C@H](NC(=O)c2ccc(Cc3ccccc3)cc2)C2CCN1CC2. The summed E-state index contributed by atoms with van der Waals surface area (Å²) in [5.74, 6) is 0.707. The number of nitrogens with zero attached hydrogens (tertiary/aromatic N) is 1. The maximum absolute atomic E-state index is 12.7. The Morgan fingerprint density at radius 2 is 1.64 bits per heavy atom. The summed E-state index contributed by atoms with van der Waals surface area (Å²) in [6.45, 7) is 4.62. The highest BCUT2D eigenvalue weighted by Gasteiger charge is 2.40. The normalized spacial score (nSPS) is 27.9. The lowest BCUT2D eigenvalue weighted by molar-refractivity contribution is 0.0217. The zero-order valence-corrected chi connectivity index (χ0v) is 14.8. The summed E-state index contributed by atoms with van der Waals surface area (Å²) in [5, 5.41) is 3.30. The monoisotopic (exact) mass is 334 g/mol. The quantitative estimate of drug-likeness (QED) is 0.928. The van der Waals surface area contributed by atoms with Crippen LogP contribution in [0, 0.1) is 5.92 Å². The molecule has 3 fully saturated rings. The van der Waals surface area contributed by atoms with Gasteiger partial charge in [-0.25, -0.2) is 0 Å². The van der Waals surface area contributed by atoms with Gasteiger partial charge in [-0.05, 0) is 68.5 Å². The lowest BCUT2D eigenvalue weighted by Gasteiger charge is -2.49. The molecule has 0 aromatic heterocycles. The number of carbonyl (C=O) groups is 1. The Labute approximate surface area is 150 Å². The Balaban J connectivity index is 1.41. The first-order valence-corrected chi connectivity index (χ1v) is 9.38. The molecule has 5 rings (SSSR count). The van der Waals surface area contributed by atoms with Crippen LogP contribution in [0.5, 0.6) is 0 Å². The number of piperidine rings is 3. The van der Waals surface area contributed by atoms with E-state index in [0.717, 1.165) is 12.0 Å². The van der Waals surface area contributed by atoms with Crippen molar-refractivity contribution in [1.29, 1.82) is 0 Å². The minimum absolute atomic E-state index is 0.0665. The van der Waals surface area contributed by atoms with Crippen molar-refractivity contribution in [2.75, 3.05) is 13.1 Å².